The van der Waals surface area contributed by atoms with E-state index in [1.807, 2.05) is 24.3 Å². The number of rotatable bonds is 10. The number of nitrogens with two attached hydrogens (primary N) is 1. The van der Waals surface area contributed by atoms with Gasteiger partial charge in [-0.15, -0.1) is 0 Å². The highest BCUT2D eigenvalue weighted by Gasteiger charge is 2.47. The summed E-state index contributed by atoms with van der Waals surface area (Å²) in [6.07, 6.45) is -0.110. The van der Waals surface area contributed by atoms with Crippen LogP contribution in [0.3, 0.4) is 0 Å². The molecule has 1 aliphatic rings. The van der Waals surface area contributed by atoms with Gasteiger partial charge in [-0.05, 0) is 53.9 Å². The number of hydrogen-bond acceptors (Lipinski definition) is 8. The van der Waals surface area contributed by atoms with Crippen LogP contribution in [-0.2, 0) is 24.3 Å². The first-order valence-corrected chi connectivity index (χ1v) is 13.5. The van der Waals surface area contributed by atoms with Crippen molar-refractivity contribution in [1.82, 2.24) is 4.31 Å². The van der Waals surface area contributed by atoms with E-state index in [4.69, 9.17) is 25.4 Å². The third-order valence-electron chi connectivity index (χ3n) is 6.54. The number of amidine groups is 1. The number of esters is 1. The van der Waals surface area contributed by atoms with Crippen LogP contribution in [0.25, 0.3) is 11.1 Å². The third-order valence-corrected chi connectivity index (χ3v) is 8.40. The maximum absolute atomic E-state index is 13.5. The van der Waals surface area contributed by atoms with E-state index < -0.39 is 33.9 Å². The van der Waals surface area contributed by atoms with Crippen LogP contribution >= 0.6 is 0 Å². The zero-order valence-corrected chi connectivity index (χ0v) is 22.3. The maximum atomic E-state index is 13.5. The molecule has 1 fully saturated rings. The number of nitrogen functional groups attached to an aromatic ring is 1. The maximum Gasteiger partial charge on any atom is 0.306 e. The van der Waals surface area contributed by atoms with Crippen molar-refractivity contribution in [3.05, 3.63) is 78.4 Å². The molecule has 39 heavy (non-hydrogen) atoms. The van der Waals surface area contributed by atoms with Crippen molar-refractivity contribution in [2.75, 3.05) is 20.8 Å². The van der Waals surface area contributed by atoms with Crippen LogP contribution in [0.15, 0.2) is 77.7 Å². The van der Waals surface area contributed by atoms with Crippen LogP contribution in [0.2, 0.25) is 0 Å². The van der Waals surface area contributed by atoms with Gasteiger partial charge in [-0.25, -0.2) is 12.7 Å². The van der Waals surface area contributed by atoms with E-state index in [2.05, 4.69) is 0 Å². The average Bonchev–Trinajstić information content (AvgIpc) is 3.27. The minimum absolute atomic E-state index is 0.00688. The molecule has 0 radical (unpaired) electrons. The predicted molar refractivity (Wildman–Crippen MR) is 144 cm³/mol. The van der Waals surface area contributed by atoms with Gasteiger partial charge in [0.1, 0.15) is 23.9 Å². The topological polar surface area (TPSA) is 149 Å². The predicted octanol–water partition coefficient (Wildman–Crippen LogP) is 3.19. The number of carbonyl (C=O) groups is 2. The minimum atomic E-state index is -4.22. The molecule has 0 spiro atoms. The summed E-state index contributed by atoms with van der Waals surface area (Å²) in [7, 11) is -1.54. The Morgan fingerprint density at radius 2 is 1.51 bits per heavy atom. The molecule has 2 atom stereocenters. The summed E-state index contributed by atoms with van der Waals surface area (Å²) >= 11 is 0. The smallest absolute Gasteiger partial charge is 0.306 e. The molecule has 0 unspecified atom stereocenters. The van der Waals surface area contributed by atoms with Crippen molar-refractivity contribution < 1.29 is 32.2 Å². The van der Waals surface area contributed by atoms with Gasteiger partial charge in [0.15, 0.2) is 0 Å². The summed E-state index contributed by atoms with van der Waals surface area (Å²) in [5, 5.41) is 7.51. The molecular formula is C28H29N3O7S. The Bertz CT molecular complexity index is 1450. The van der Waals surface area contributed by atoms with Crippen LogP contribution in [-0.4, -0.2) is 57.3 Å². The van der Waals surface area contributed by atoms with Gasteiger partial charge in [-0.2, -0.15) is 0 Å². The van der Waals surface area contributed by atoms with Crippen molar-refractivity contribution in [2.24, 2.45) is 11.7 Å². The summed E-state index contributed by atoms with van der Waals surface area (Å²) in [5.74, 6) is -1.15. The van der Waals surface area contributed by atoms with Gasteiger partial charge in [0, 0.05) is 5.56 Å². The Balaban J connectivity index is 1.53. The van der Waals surface area contributed by atoms with Crippen molar-refractivity contribution in [3.8, 4) is 22.6 Å². The molecule has 0 aliphatic carbocycles. The van der Waals surface area contributed by atoms with Crippen molar-refractivity contribution in [1.29, 1.82) is 5.41 Å². The van der Waals surface area contributed by atoms with E-state index >= 15 is 0 Å². The Kier molecular flexibility index (Phi) is 8.20. The van der Waals surface area contributed by atoms with E-state index in [9.17, 15) is 18.0 Å². The van der Waals surface area contributed by atoms with Gasteiger partial charge in [-0.1, -0.05) is 36.4 Å². The molecule has 4 rings (SSSR count). The van der Waals surface area contributed by atoms with Crippen molar-refractivity contribution in [3.63, 3.8) is 0 Å². The monoisotopic (exact) mass is 551 g/mol. The first kappa shape index (κ1) is 27.6. The van der Waals surface area contributed by atoms with E-state index in [1.54, 1.807) is 24.3 Å². The van der Waals surface area contributed by atoms with E-state index in [-0.39, 0.29) is 30.2 Å². The minimum Gasteiger partial charge on any atom is -0.497 e. The molecule has 204 valence electrons. The number of nitrogens with zero attached hydrogens (tertiary/aromatic N) is 1. The lowest BCUT2D eigenvalue weighted by atomic mass is 10.0. The largest absolute Gasteiger partial charge is 0.497 e. The van der Waals surface area contributed by atoms with Crippen molar-refractivity contribution >= 4 is 27.7 Å². The Morgan fingerprint density at radius 1 is 0.949 bits per heavy atom. The van der Waals surface area contributed by atoms with Gasteiger partial charge in [0.2, 0.25) is 5.91 Å². The highest BCUT2D eigenvalue weighted by Crippen LogP contribution is 2.34. The Labute approximate surface area is 226 Å². The average molecular weight is 552 g/mol. The molecular weight excluding hydrogens is 522 g/mol. The van der Waals surface area contributed by atoms with Crippen molar-refractivity contribution in [2.45, 2.75) is 23.8 Å². The number of benzene rings is 3. The molecule has 0 aromatic heterocycles. The number of carbonyl (C=O) groups excluding carboxylic acids is 2. The molecule has 1 heterocycles. The van der Waals surface area contributed by atoms with E-state index in [1.165, 1.54) is 38.5 Å². The summed E-state index contributed by atoms with van der Waals surface area (Å²) in [6.45, 7) is -0.0918. The normalized spacial score (nSPS) is 17.1. The summed E-state index contributed by atoms with van der Waals surface area (Å²) in [4.78, 5) is 25.1. The molecule has 0 saturated carbocycles. The number of methoxy groups -OCH3 is 2. The van der Waals surface area contributed by atoms with Gasteiger partial charge >= 0.3 is 5.97 Å². The lowest BCUT2D eigenvalue weighted by Gasteiger charge is -2.24. The fourth-order valence-corrected chi connectivity index (χ4v) is 6.06. The summed E-state index contributed by atoms with van der Waals surface area (Å²) in [5.41, 5.74) is 7.98. The highest BCUT2D eigenvalue weighted by molar-refractivity contribution is 7.89. The van der Waals surface area contributed by atoms with Gasteiger partial charge < -0.3 is 19.9 Å². The number of nitrogens with one attached hydrogen (secondary N) is 1. The number of ether oxygens (including phenoxy) is 3. The third kappa shape index (κ3) is 6.04. The highest BCUT2D eigenvalue weighted by atomic mass is 32.2. The fourth-order valence-electron chi connectivity index (χ4n) is 4.43. The molecule has 0 bridgehead atoms. The van der Waals surface area contributed by atoms with Crippen LogP contribution in [0.4, 0.5) is 0 Å². The first-order chi connectivity index (χ1) is 18.6. The number of sulfonamides is 1. The van der Waals surface area contributed by atoms with Crippen LogP contribution in [0, 0.1) is 11.3 Å². The molecule has 1 saturated heterocycles. The Morgan fingerprint density at radius 3 is 2.05 bits per heavy atom. The first-order valence-electron chi connectivity index (χ1n) is 12.1. The van der Waals surface area contributed by atoms with Gasteiger partial charge in [0.05, 0.1) is 37.5 Å². The number of amides is 1. The molecule has 3 aromatic rings. The number of hydrogen-bond donors (Lipinski definition) is 2. The van der Waals surface area contributed by atoms with Gasteiger partial charge in [-0.3, -0.25) is 15.0 Å². The second-order valence-corrected chi connectivity index (χ2v) is 10.8. The SMILES string of the molecule is COC(=O)C[C@@H]1C[C@@H](COc2ccc(-c3ccc(C(=N)N)cc3)cc2)N(S(=O)(=O)c2ccc(OC)cc2)C1=O. The zero-order chi connectivity index (χ0) is 28.2. The lowest BCUT2D eigenvalue weighted by Crippen LogP contribution is -2.42. The molecule has 3 N–H and O–H groups in total. The van der Waals surface area contributed by atoms with Crippen LogP contribution in [0.5, 0.6) is 11.5 Å². The second kappa shape index (κ2) is 11.6. The van der Waals surface area contributed by atoms with E-state index in [0.717, 1.165) is 15.4 Å². The summed E-state index contributed by atoms with van der Waals surface area (Å²) < 4.78 is 43.6. The van der Waals surface area contributed by atoms with E-state index in [0.29, 0.717) is 17.1 Å². The lowest BCUT2D eigenvalue weighted by molar-refractivity contribution is -0.144. The molecule has 1 amide bonds. The zero-order valence-electron chi connectivity index (χ0n) is 21.5. The quantitative estimate of drug-likeness (QED) is 0.222. The molecule has 11 heteroatoms. The standard InChI is InChI=1S/C28H29N3O7S/c1-36-23-11-13-25(14-12-23)39(34,35)31-22(15-21(28(31)33)16-26(32)37-2)17-38-24-9-7-19(8-10-24)18-3-5-20(6-4-18)27(29)30/h3-14,21-22H,15-17H2,1-2H3,(H3,29,30)/t21-,22-/m0/s1. The molecule has 3 aromatic carbocycles. The van der Waals surface area contributed by atoms with Gasteiger partial charge in [0.25, 0.3) is 10.0 Å². The fraction of sp³-hybridized carbons (Fsp3) is 0.250. The van der Waals surface area contributed by atoms with Crippen LogP contribution in [0.1, 0.15) is 18.4 Å². The van der Waals surface area contributed by atoms with Crippen LogP contribution < -0.4 is 15.2 Å². The molecule has 10 nitrogen and oxygen atoms in total. The molecule has 1 aliphatic heterocycles. The summed E-state index contributed by atoms with van der Waals surface area (Å²) in [6, 6.07) is 19.4. The Hall–Kier alpha value is -4.38. The second-order valence-electron chi connectivity index (χ2n) is 9.01.